The molecule has 2 aromatic rings. The second-order valence-electron chi connectivity index (χ2n) is 4.92. The summed E-state index contributed by atoms with van der Waals surface area (Å²) in [5, 5.41) is 9.29. The maximum absolute atomic E-state index is 14.0. The molecule has 0 aliphatic rings. The van der Waals surface area contributed by atoms with Gasteiger partial charge in [-0.05, 0) is 23.8 Å². The third-order valence-corrected chi connectivity index (χ3v) is 3.40. The third kappa shape index (κ3) is 3.80. The van der Waals surface area contributed by atoms with E-state index >= 15 is 0 Å². The van der Waals surface area contributed by atoms with Crippen LogP contribution in [0.3, 0.4) is 0 Å². The molecule has 0 amide bonds. The molecule has 0 saturated heterocycles. The number of Topliss-reactive ketones (excluding diaryl/α,β-unsaturated/α-hetero) is 1. The SMILES string of the molecule is COC(=O)c1ccc(F)c(C(C#N)C(=O)Cc2ccccc2)c1. The summed E-state index contributed by atoms with van der Waals surface area (Å²) in [7, 11) is 1.20. The van der Waals surface area contributed by atoms with Gasteiger partial charge in [-0.3, -0.25) is 4.79 Å². The van der Waals surface area contributed by atoms with E-state index in [1.807, 2.05) is 12.1 Å². The van der Waals surface area contributed by atoms with Crippen molar-refractivity contribution in [3.8, 4) is 6.07 Å². The largest absolute Gasteiger partial charge is 0.465 e. The molecule has 0 aromatic heterocycles. The van der Waals surface area contributed by atoms with Crippen molar-refractivity contribution in [1.82, 2.24) is 0 Å². The van der Waals surface area contributed by atoms with Crippen molar-refractivity contribution in [2.24, 2.45) is 0 Å². The Kier molecular flexibility index (Phi) is 5.21. The van der Waals surface area contributed by atoms with Crippen LogP contribution in [0.15, 0.2) is 48.5 Å². The van der Waals surface area contributed by atoms with Crippen LogP contribution in [0.1, 0.15) is 27.4 Å². The topological polar surface area (TPSA) is 67.2 Å². The van der Waals surface area contributed by atoms with Gasteiger partial charge in [-0.15, -0.1) is 0 Å². The number of ketones is 1. The summed E-state index contributed by atoms with van der Waals surface area (Å²) < 4.78 is 18.6. The first kappa shape index (κ1) is 16.4. The average Bonchev–Trinajstić information content (AvgIpc) is 2.57. The average molecular weight is 311 g/mol. The highest BCUT2D eigenvalue weighted by Gasteiger charge is 2.24. The number of halogens is 1. The van der Waals surface area contributed by atoms with E-state index < -0.39 is 23.5 Å². The Morgan fingerprint density at radius 3 is 2.52 bits per heavy atom. The first-order valence-corrected chi connectivity index (χ1v) is 6.91. The number of rotatable bonds is 5. The van der Waals surface area contributed by atoms with Gasteiger partial charge < -0.3 is 4.74 Å². The standard InChI is InChI=1S/C18H14FNO3/c1-23-18(22)13-7-8-16(19)14(10-13)15(11-20)17(21)9-12-5-3-2-4-6-12/h2-8,10,15H,9H2,1H3. The number of methoxy groups -OCH3 is 1. The van der Waals surface area contributed by atoms with E-state index in [9.17, 15) is 19.2 Å². The summed E-state index contributed by atoms with van der Waals surface area (Å²) in [6.07, 6.45) is 0.0148. The fourth-order valence-electron chi connectivity index (χ4n) is 2.22. The van der Waals surface area contributed by atoms with Crippen LogP contribution >= 0.6 is 0 Å². The van der Waals surface area contributed by atoms with Crippen LogP contribution in [0.25, 0.3) is 0 Å². The minimum absolute atomic E-state index is 0.0148. The van der Waals surface area contributed by atoms with Gasteiger partial charge in [0.1, 0.15) is 11.7 Å². The molecule has 0 aliphatic carbocycles. The molecule has 1 unspecified atom stereocenters. The Bertz CT molecular complexity index is 766. The van der Waals surface area contributed by atoms with Crippen molar-refractivity contribution < 1.29 is 18.7 Å². The predicted molar refractivity (Wildman–Crippen MR) is 81.2 cm³/mol. The molecule has 0 N–H and O–H groups in total. The number of nitriles is 1. The summed E-state index contributed by atoms with van der Waals surface area (Å²) in [4.78, 5) is 23.9. The lowest BCUT2D eigenvalue weighted by Crippen LogP contribution is -2.16. The minimum atomic E-state index is -1.28. The van der Waals surface area contributed by atoms with Crippen molar-refractivity contribution >= 4 is 11.8 Å². The Hall–Kier alpha value is -3.00. The monoisotopic (exact) mass is 311 g/mol. The van der Waals surface area contributed by atoms with E-state index in [0.29, 0.717) is 0 Å². The van der Waals surface area contributed by atoms with Crippen LogP contribution < -0.4 is 0 Å². The van der Waals surface area contributed by atoms with E-state index in [-0.39, 0.29) is 17.5 Å². The summed E-state index contributed by atoms with van der Waals surface area (Å²) in [5.74, 6) is -3.07. The molecule has 0 heterocycles. The predicted octanol–water partition coefficient (Wildman–Crippen LogP) is 3.03. The van der Waals surface area contributed by atoms with Gasteiger partial charge in [0.25, 0.3) is 0 Å². The smallest absolute Gasteiger partial charge is 0.337 e. The van der Waals surface area contributed by atoms with Gasteiger partial charge in [0.15, 0.2) is 5.78 Å². The number of carbonyl (C=O) groups is 2. The van der Waals surface area contributed by atoms with Crippen LogP contribution in [-0.4, -0.2) is 18.9 Å². The Labute approximate surface area is 133 Å². The molecular formula is C18H14FNO3. The zero-order valence-electron chi connectivity index (χ0n) is 12.5. The molecule has 0 bridgehead atoms. The maximum atomic E-state index is 14.0. The molecule has 2 aromatic carbocycles. The van der Waals surface area contributed by atoms with Crippen molar-refractivity contribution in [1.29, 1.82) is 5.26 Å². The number of ether oxygens (including phenoxy) is 1. The normalized spacial score (nSPS) is 11.3. The lowest BCUT2D eigenvalue weighted by molar-refractivity contribution is -0.118. The number of nitrogens with zero attached hydrogens (tertiary/aromatic N) is 1. The van der Waals surface area contributed by atoms with Crippen molar-refractivity contribution in [2.45, 2.75) is 12.3 Å². The van der Waals surface area contributed by atoms with Gasteiger partial charge in [-0.25, -0.2) is 9.18 Å². The molecule has 2 rings (SSSR count). The molecule has 0 aliphatic heterocycles. The van der Waals surface area contributed by atoms with Crippen LogP contribution in [0.5, 0.6) is 0 Å². The summed E-state index contributed by atoms with van der Waals surface area (Å²) in [5.41, 5.74) is 0.718. The first-order chi connectivity index (χ1) is 11.1. The van der Waals surface area contributed by atoms with Gasteiger partial charge in [0.05, 0.1) is 18.7 Å². The second-order valence-corrected chi connectivity index (χ2v) is 4.92. The fraction of sp³-hybridized carbons (Fsp3) is 0.167. The number of benzene rings is 2. The van der Waals surface area contributed by atoms with Crippen molar-refractivity contribution in [2.75, 3.05) is 7.11 Å². The van der Waals surface area contributed by atoms with Gasteiger partial charge in [0, 0.05) is 12.0 Å². The Balaban J connectivity index is 2.32. The lowest BCUT2D eigenvalue weighted by Gasteiger charge is -2.11. The van der Waals surface area contributed by atoms with Crippen LogP contribution in [0, 0.1) is 17.1 Å². The van der Waals surface area contributed by atoms with Crippen LogP contribution in [0.4, 0.5) is 4.39 Å². The Morgan fingerprint density at radius 1 is 1.22 bits per heavy atom. The van der Waals surface area contributed by atoms with E-state index in [2.05, 4.69) is 4.74 Å². The highest BCUT2D eigenvalue weighted by Crippen LogP contribution is 2.23. The van der Waals surface area contributed by atoms with Crippen LogP contribution in [0.2, 0.25) is 0 Å². The molecule has 0 fully saturated rings. The summed E-state index contributed by atoms with van der Waals surface area (Å²) >= 11 is 0. The molecule has 5 heteroatoms. The highest BCUT2D eigenvalue weighted by molar-refractivity contribution is 5.92. The van der Waals surface area contributed by atoms with Gasteiger partial charge >= 0.3 is 5.97 Å². The number of carbonyl (C=O) groups excluding carboxylic acids is 2. The third-order valence-electron chi connectivity index (χ3n) is 3.40. The lowest BCUT2D eigenvalue weighted by atomic mass is 9.91. The van der Waals surface area contributed by atoms with Gasteiger partial charge in [0.2, 0.25) is 0 Å². The number of hydrogen-bond acceptors (Lipinski definition) is 4. The van der Waals surface area contributed by atoms with E-state index in [0.717, 1.165) is 11.6 Å². The number of hydrogen-bond donors (Lipinski definition) is 0. The minimum Gasteiger partial charge on any atom is -0.465 e. The second kappa shape index (κ2) is 7.32. The van der Waals surface area contributed by atoms with Crippen molar-refractivity contribution in [3.63, 3.8) is 0 Å². The number of esters is 1. The molecule has 116 valence electrons. The highest BCUT2D eigenvalue weighted by atomic mass is 19.1. The van der Waals surface area contributed by atoms with Crippen molar-refractivity contribution in [3.05, 3.63) is 71.0 Å². The quantitative estimate of drug-likeness (QED) is 0.796. The van der Waals surface area contributed by atoms with Crippen LogP contribution in [-0.2, 0) is 16.0 Å². The zero-order valence-corrected chi connectivity index (χ0v) is 12.5. The zero-order chi connectivity index (χ0) is 16.8. The molecule has 4 nitrogen and oxygen atoms in total. The maximum Gasteiger partial charge on any atom is 0.337 e. The summed E-state index contributed by atoms with van der Waals surface area (Å²) in [6.45, 7) is 0. The van der Waals surface area contributed by atoms with Gasteiger partial charge in [-0.1, -0.05) is 30.3 Å². The first-order valence-electron chi connectivity index (χ1n) is 6.91. The molecule has 0 saturated carbocycles. The van der Waals surface area contributed by atoms with Gasteiger partial charge in [-0.2, -0.15) is 5.26 Å². The fourth-order valence-corrected chi connectivity index (χ4v) is 2.22. The molecule has 1 atom stereocenters. The van der Waals surface area contributed by atoms with E-state index in [1.165, 1.54) is 19.2 Å². The molecule has 0 spiro atoms. The molecule has 23 heavy (non-hydrogen) atoms. The van der Waals surface area contributed by atoms with E-state index in [4.69, 9.17) is 0 Å². The Morgan fingerprint density at radius 2 is 1.91 bits per heavy atom. The van der Waals surface area contributed by atoms with E-state index in [1.54, 1.807) is 24.3 Å². The molecular weight excluding hydrogens is 297 g/mol. The summed E-state index contributed by atoms with van der Waals surface area (Å²) in [6, 6.07) is 14.2. The molecule has 0 radical (unpaired) electrons.